The summed E-state index contributed by atoms with van der Waals surface area (Å²) in [5.74, 6) is -0.433. The Labute approximate surface area is 174 Å². The van der Waals surface area contributed by atoms with Crippen LogP contribution < -0.4 is 15.4 Å². The smallest absolute Gasteiger partial charge is 0.250 e. The minimum Gasteiger partial charge on any atom is -0.495 e. The topological polar surface area (TPSA) is 87.7 Å². The molecule has 2 N–H and O–H groups in total. The van der Waals surface area contributed by atoms with Crippen LogP contribution in [0.1, 0.15) is 18.4 Å². The summed E-state index contributed by atoms with van der Waals surface area (Å²) < 4.78 is 5.21. The number of anilines is 2. The van der Waals surface area contributed by atoms with Crippen LogP contribution in [0.2, 0.25) is 0 Å². The van der Waals surface area contributed by atoms with Crippen LogP contribution in [0.5, 0.6) is 5.75 Å². The Hall–Kier alpha value is -3.61. The fourth-order valence-corrected chi connectivity index (χ4v) is 4.21. The lowest BCUT2D eigenvalue weighted by Gasteiger charge is -2.40. The summed E-state index contributed by atoms with van der Waals surface area (Å²) in [6.45, 7) is 0.479. The second-order valence-electron chi connectivity index (χ2n) is 7.44. The lowest BCUT2D eigenvalue weighted by molar-refractivity contribution is -0.139. The number of carbonyl (C=O) groups excluding carboxylic acids is 3. The molecule has 7 nitrogen and oxygen atoms in total. The van der Waals surface area contributed by atoms with E-state index >= 15 is 0 Å². The molecule has 1 fully saturated rings. The maximum atomic E-state index is 12.9. The zero-order valence-corrected chi connectivity index (χ0v) is 16.7. The van der Waals surface area contributed by atoms with E-state index in [1.807, 2.05) is 24.3 Å². The standard InChI is InChI=1S/C23H23N3O4/c1-30-19-10-5-4-9-18(19)24-20(27)11-12-21(28)26-14-6-13-23(26)15-16-7-2-3-8-17(16)25-22(23)29/h2-5,7-12H,6,13-15H2,1H3,(H,24,27)(H,25,29)/b12-11+. The summed E-state index contributed by atoms with van der Waals surface area (Å²) in [6.07, 6.45) is 4.23. The number of nitrogens with zero attached hydrogens (tertiary/aromatic N) is 1. The second kappa shape index (κ2) is 8.02. The molecule has 0 aromatic heterocycles. The molecule has 7 heteroatoms. The molecule has 4 rings (SSSR count). The van der Waals surface area contributed by atoms with Gasteiger partial charge in [0.05, 0.1) is 12.8 Å². The largest absolute Gasteiger partial charge is 0.495 e. The molecule has 1 saturated heterocycles. The number of nitrogens with one attached hydrogen (secondary N) is 2. The third-order valence-corrected chi connectivity index (χ3v) is 5.67. The van der Waals surface area contributed by atoms with Gasteiger partial charge in [-0.1, -0.05) is 30.3 Å². The maximum absolute atomic E-state index is 12.9. The summed E-state index contributed by atoms with van der Waals surface area (Å²) in [7, 11) is 1.52. The highest BCUT2D eigenvalue weighted by Crippen LogP contribution is 2.39. The normalized spacial score (nSPS) is 20.2. The van der Waals surface area contributed by atoms with Gasteiger partial charge in [0.2, 0.25) is 11.8 Å². The SMILES string of the molecule is COc1ccccc1NC(=O)/C=C/C(=O)N1CCCC12Cc1ccccc1NC2=O. The molecule has 1 atom stereocenters. The van der Waals surface area contributed by atoms with Crippen molar-refractivity contribution in [2.24, 2.45) is 0 Å². The number of amides is 3. The predicted molar refractivity (Wildman–Crippen MR) is 113 cm³/mol. The van der Waals surface area contributed by atoms with E-state index in [1.165, 1.54) is 19.3 Å². The number of rotatable bonds is 4. The van der Waals surface area contributed by atoms with E-state index < -0.39 is 11.4 Å². The van der Waals surface area contributed by atoms with Crippen LogP contribution >= 0.6 is 0 Å². The number of carbonyl (C=O) groups is 3. The van der Waals surface area contributed by atoms with E-state index in [1.54, 1.807) is 29.2 Å². The van der Waals surface area contributed by atoms with Crippen LogP contribution in [0.25, 0.3) is 0 Å². The number of benzene rings is 2. The Bertz CT molecular complexity index is 1030. The zero-order valence-electron chi connectivity index (χ0n) is 16.7. The highest BCUT2D eigenvalue weighted by atomic mass is 16.5. The molecule has 3 amide bonds. The van der Waals surface area contributed by atoms with Crippen molar-refractivity contribution in [3.05, 3.63) is 66.2 Å². The van der Waals surface area contributed by atoms with Crippen LogP contribution in [0.4, 0.5) is 11.4 Å². The van der Waals surface area contributed by atoms with Gasteiger partial charge in [-0.15, -0.1) is 0 Å². The van der Waals surface area contributed by atoms with Crippen molar-refractivity contribution >= 4 is 29.1 Å². The number of hydrogen-bond donors (Lipinski definition) is 2. The average molecular weight is 405 g/mol. The van der Waals surface area contributed by atoms with Crippen molar-refractivity contribution in [2.75, 3.05) is 24.3 Å². The third-order valence-electron chi connectivity index (χ3n) is 5.67. The van der Waals surface area contributed by atoms with Gasteiger partial charge in [-0.05, 0) is 36.6 Å². The molecular weight excluding hydrogens is 382 g/mol. The molecule has 1 spiro atoms. The first kappa shape index (κ1) is 19.7. The predicted octanol–water partition coefficient (Wildman–Crippen LogP) is 2.75. The summed E-state index contributed by atoms with van der Waals surface area (Å²) in [5.41, 5.74) is 1.41. The fraction of sp³-hybridized carbons (Fsp3) is 0.261. The van der Waals surface area contributed by atoms with Crippen LogP contribution in [0.15, 0.2) is 60.7 Å². The Morgan fingerprint density at radius 2 is 1.90 bits per heavy atom. The minimum absolute atomic E-state index is 0.168. The van der Waals surface area contributed by atoms with E-state index in [9.17, 15) is 14.4 Å². The molecule has 2 aromatic rings. The van der Waals surface area contributed by atoms with Gasteiger partial charge in [0, 0.05) is 30.8 Å². The molecule has 2 heterocycles. The van der Waals surface area contributed by atoms with Crippen LogP contribution in [0, 0.1) is 0 Å². The van der Waals surface area contributed by atoms with Gasteiger partial charge in [0.25, 0.3) is 5.91 Å². The van der Waals surface area contributed by atoms with E-state index in [4.69, 9.17) is 4.74 Å². The molecule has 0 saturated carbocycles. The van der Waals surface area contributed by atoms with Gasteiger partial charge in [0.15, 0.2) is 0 Å². The molecule has 0 radical (unpaired) electrons. The Balaban J connectivity index is 1.49. The molecule has 0 aliphatic carbocycles. The van der Waals surface area contributed by atoms with Gasteiger partial charge in [-0.3, -0.25) is 14.4 Å². The second-order valence-corrected chi connectivity index (χ2v) is 7.44. The van der Waals surface area contributed by atoms with Gasteiger partial charge < -0.3 is 20.3 Å². The highest BCUT2D eigenvalue weighted by molar-refractivity contribution is 6.07. The summed E-state index contributed by atoms with van der Waals surface area (Å²) >= 11 is 0. The van der Waals surface area contributed by atoms with E-state index in [0.717, 1.165) is 17.7 Å². The van der Waals surface area contributed by atoms with Crippen LogP contribution in [0.3, 0.4) is 0 Å². The maximum Gasteiger partial charge on any atom is 0.250 e. The van der Waals surface area contributed by atoms with Crippen LogP contribution in [-0.2, 0) is 20.8 Å². The minimum atomic E-state index is -0.908. The molecular formula is C23H23N3O4. The van der Waals surface area contributed by atoms with E-state index in [-0.39, 0.29) is 11.8 Å². The van der Waals surface area contributed by atoms with Crippen molar-refractivity contribution in [3.8, 4) is 5.75 Å². The van der Waals surface area contributed by atoms with Gasteiger partial charge in [-0.25, -0.2) is 0 Å². The number of methoxy groups -OCH3 is 1. The van der Waals surface area contributed by atoms with Crippen molar-refractivity contribution in [1.29, 1.82) is 0 Å². The fourth-order valence-electron chi connectivity index (χ4n) is 4.21. The van der Waals surface area contributed by atoms with Crippen molar-refractivity contribution < 1.29 is 19.1 Å². The van der Waals surface area contributed by atoms with Gasteiger partial charge >= 0.3 is 0 Å². The number of hydrogen-bond acceptors (Lipinski definition) is 4. The first-order chi connectivity index (χ1) is 14.5. The van der Waals surface area contributed by atoms with E-state index in [0.29, 0.717) is 30.8 Å². The molecule has 1 unspecified atom stereocenters. The first-order valence-corrected chi connectivity index (χ1v) is 9.86. The monoisotopic (exact) mass is 405 g/mol. The Morgan fingerprint density at radius 3 is 2.73 bits per heavy atom. The molecule has 0 bridgehead atoms. The lowest BCUT2D eigenvalue weighted by Crippen LogP contribution is -2.58. The average Bonchev–Trinajstić information content (AvgIpc) is 3.17. The van der Waals surface area contributed by atoms with Gasteiger partial charge in [-0.2, -0.15) is 0 Å². The number of fused-ring (bicyclic) bond motifs is 1. The number of likely N-dealkylation sites (tertiary alicyclic amines) is 1. The van der Waals surface area contributed by atoms with Crippen molar-refractivity contribution in [3.63, 3.8) is 0 Å². The molecule has 2 aliphatic rings. The molecule has 30 heavy (non-hydrogen) atoms. The summed E-state index contributed by atoms with van der Waals surface area (Å²) in [4.78, 5) is 39.7. The lowest BCUT2D eigenvalue weighted by atomic mass is 9.83. The van der Waals surface area contributed by atoms with E-state index in [2.05, 4.69) is 10.6 Å². The third kappa shape index (κ3) is 3.54. The number of ether oxygens (including phenoxy) is 1. The molecule has 2 aromatic carbocycles. The zero-order chi connectivity index (χ0) is 21.1. The number of para-hydroxylation sites is 3. The Morgan fingerprint density at radius 1 is 1.13 bits per heavy atom. The Kier molecular flexibility index (Phi) is 5.27. The van der Waals surface area contributed by atoms with Crippen LogP contribution in [-0.4, -0.2) is 41.8 Å². The van der Waals surface area contributed by atoms with Crippen molar-refractivity contribution in [2.45, 2.75) is 24.8 Å². The first-order valence-electron chi connectivity index (χ1n) is 9.86. The molecule has 2 aliphatic heterocycles. The van der Waals surface area contributed by atoms with Gasteiger partial charge in [0.1, 0.15) is 11.3 Å². The summed E-state index contributed by atoms with van der Waals surface area (Å²) in [6, 6.07) is 14.7. The molecule has 154 valence electrons. The quantitative estimate of drug-likeness (QED) is 0.766. The highest BCUT2D eigenvalue weighted by Gasteiger charge is 2.51. The van der Waals surface area contributed by atoms with Crippen molar-refractivity contribution in [1.82, 2.24) is 4.90 Å². The summed E-state index contributed by atoms with van der Waals surface area (Å²) in [5, 5.41) is 5.64.